The smallest absolute Gasteiger partial charge is 0.261 e. The van der Waals surface area contributed by atoms with Gasteiger partial charge in [-0.1, -0.05) is 24.8 Å². The molecule has 7 heteroatoms. The second kappa shape index (κ2) is 6.55. The molecule has 1 N–H and O–H groups in total. The van der Waals surface area contributed by atoms with Gasteiger partial charge < -0.3 is 9.73 Å². The average Bonchev–Trinajstić information content (AvgIpc) is 2.98. The van der Waals surface area contributed by atoms with Crippen LogP contribution >= 0.6 is 11.5 Å². The summed E-state index contributed by atoms with van der Waals surface area (Å²) in [4.78, 5) is 0.895. The summed E-state index contributed by atoms with van der Waals surface area (Å²) in [5, 5.41) is 15.4. The van der Waals surface area contributed by atoms with Crippen LogP contribution in [0, 0.1) is 0 Å². The van der Waals surface area contributed by atoms with Crippen LogP contribution in [0.4, 0.5) is 0 Å². The fourth-order valence-corrected chi connectivity index (χ4v) is 2.19. The van der Waals surface area contributed by atoms with Gasteiger partial charge in [0.1, 0.15) is 4.88 Å². The van der Waals surface area contributed by atoms with Crippen molar-refractivity contribution in [2.45, 2.75) is 39.7 Å². The molecule has 0 fully saturated rings. The summed E-state index contributed by atoms with van der Waals surface area (Å²) in [7, 11) is 0. The van der Waals surface area contributed by atoms with Gasteiger partial charge in [-0.05, 0) is 30.9 Å². The zero-order valence-electron chi connectivity index (χ0n) is 10.6. The van der Waals surface area contributed by atoms with E-state index in [0.29, 0.717) is 18.3 Å². The average molecular weight is 267 g/mol. The molecular formula is C11H17N5OS. The van der Waals surface area contributed by atoms with E-state index in [-0.39, 0.29) is 0 Å². The lowest BCUT2D eigenvalue weighted by Crippen LogP contribution is -2.13. The second-order valence-electron chi connectivity index (χ2n) is 3.98. The Morgan fingerprint density at radius 2 is 2.06 bits per heavy atom. The highest BCUT2D eigenvalue weighted by atomic mass is 32.1. The molecule has 0 radical (unpaired) electrons. The molecule has 0 saturated carbocycles. The monoisotopic (exact) mass is 267 g/mol. The highest BCUT2D eigenvalue weighted by molar-refractivity contribution is 7.09. The van der Waals surface area contributed by atoms with Crippen molar-refractivity contribution >= 4 is 11.5 Å². The van der Waals surface area contributed by atoms with Crippen LogP contribution in [-0.2, 0) is 13.0 Å². The minimum atomic E-state index is 0.529. The highest BCUT2D eigenvalue weighted by Gasteiger charge is 2.16. The van der Waals surface area contributed by atoms with Crippen molar-refractivity contribution in [1.29, 1.82) is 0 Å². The Kier molecular flexibility index (Phi) is 4.77. The Morgan fingerprint density at radius 1 is 1.17 bits per heavy atom. The third-order valence-corrected chi connectivity index (χ3v) is 3.16. The van der Waals surface area contributed by atoms with E-state index in [0.717, 1.165) is 36.4 Å². The molecule has 2 heterocycles. The largest absolute Gasteiger partial charge is 0.418 e. The Bertz CT molecular complexity index is 481. The Labute approximate surface area is 110 Å². The first-order valence-electron chi connectivity index (χ1n) is 6.19. The number of hydrogen-bond acceptors (Lipinski definition) is 7. The van der Waals surface area contributed by atoms with Crippen LogP contribution < -0.4 is 5.32 Å². The van der Waals surface area contributed by atoms with Gasteiger partial charge in [-0.3, -0.25) is 0 Å². The zero-order chi connectivity index (χ0) is 12.8. The van der Waals surface area contributed by atoms with Crippen LogP contribution in [-0.4, -0.2) is 26.3 Å². The van der Waals surface area contributed by atoms with E-state index in [1.54, 1.807) is 0 Å². The van der Waals surface area contributed by atoms with Gasteiger partial charge in [-0.15, -0.1) is 15.3 Å². The van der Waals surface area contributed by atoms with E-state index >= 15 is 0 Å². The van der Waals surface area contributed by atoms with Crippen LogP contribution in [0.2, 0.25) is 0 Å². The van der Waals surface area contributed by atoms with E-state index in [1.165, 1.54) is 11.5 Å². The number of nitrogens with one attached hydrogen (secondary N) is 1. The SMILES string of the molecule is CCCNCc1nnc(-c2snnc2CCC)o1. The predicted molar refractivity (Wildman–Crippen MR) is 69.2 cm³/mol. The molecule has 0 saturated heterocycles. The maximum atomic E-state index is 5.61. The third kappa shape index (κ3) is 3.11. The first kappa shape index (κ1) is 13.1. The number of hydrogen-bond donors (Lipinski definition) is 1. The number of nitrogens with zero attached hydrogens (tertiary/aromatic N) is 4. The maximum absolute atomic E-state index is 5.61. The van der Waals surface area contributed by atoms with Gasteiger partial charge in [0.05, 0.1) is 12.2 Å². The van der Waals surface area contributed by atoms with Gasteiger partial charge in [-0.2, -0.15) is 0 Å². The first-order valence-corrected chi connectivity index (χ1v) is 6.97. The number of rotatable bonds is 7. The normalized spacial score (nSPS) is 11.0. The molecule has 0 spiro atoms. The summed E-state index contributed by atoms with van der Waals surface area (Å²) < 4.78 is 9.56. The van der Waals surface area contributed by atoms with Crippen molar-refractivity contribution in [2.75, 3.05) is 6.54 Å². The summed E-state index contributed by atoms with van der Waals surface area (Å²) in [6.07, 6.45) is 3.00. The van der Waals surface area contributed by atoms with Crippen LogP contribution in [0.5, 0.6) is 0 Å². The molecule has 0 atom stereocenters. The van der Waals surface area contributed by atoms with Gasteiger partial charge >= 0.3 is 0 Å². The zero-order valence-corrected chi connectivity index (χ0v) is 11.5. The molecule has 0 aliphatic heterocycles. The van der Waals surface area contributed by atoms with Crippen molar-refractivity contribution < 1.29 is 4.42 Å². The Balaban J connectivity index is 2.06. The fraction of sp³-hybridized carbons (Fsp3) is 0.636. The summed E-state index contributed by atoms with van der Waals surface area (Å²) in [5.41, 5.74) is 0.944. The van der Waals surface area contributed by atoms with Crippen molar-refractivity contribution in [3.8, 4) is 10.8 Å². The molecule has 0 aliphatic carbocycles. The summed E-state index contributed by atoms with van der Waals surface area (Å²) in [6.45, 7) is 5.78. The Morgan fingerprint density at radius 3 is 2.83 bits per heavy atom. The lowest BCUT2D eigenvalue weighted by atomic mass is 10.2. The summed E-state index contributed by atoms with van der Waals surface area (Å²) in [6, 6.07) is 0. The van der Waals surface area contributed by atoms with Crippen molar-refractivity contribution in [3.63, 3.8) is 0 Å². The third-order valence-electron chi connectivity index (χ3n) is 2.41. The second-order valence-corrected chi connectivity index (χ2v) is 4.73. The van der Waals surface area contributed by atoms with Gasteiger partial charge in [0.15, 0.2) is 0 Å². The Hall–Kier alpha value is -1.34. The molecular weight excluding hydrogens is 250 g/mol. The number of aryl methyl sites for hydroxylation is 1. The van der Waals surface area contributed by atoms with Crippen LogP contribution in [0.3, 0.4) is 0 Å². The molecule has 0 aliphatic rings. The van der Waals surface area contributed by atoms with Crippen molar-refractivity contribution in [1.82, 2.24) is 25.1 Å². The molecule has 0 bridgehead atoms. The van der Waals surface area contributed by atoms with Gasteiger partial charge in [0, 0.05) is 0 Å². The molecule has 2 rings (SSSR count). The number of aromatic nitrogens is 4. The van der Waals surface area contributed by atoms with Crippen molar-refractivity contribution in [2.24, 2.45) is 0 Å². The predicted octanol–water partition coefficient (Wildman–Crippen LogP) is 2.04. The van der Waals surface area contributed by atoms with E-state index in [2.05, 4.69) is 38.9 Å². The van der Waals surface area contributed by atoms with Crippen molar-refractivity contribution in [3.05, 3.63) is 11.6 Å². The standard InChI is InChI=1S/C11H17N5OS/c1-3-5-8-10(18-16-13-8)11-15-14-9(17-11)7-12-6-4-2/h12H,3-7H2,1-2H3. The van der Waals surface area contributed by atoms with E-state index < -0.39 is 0 Å². The lowest BCUT2D eigenvalue weighted by Gasteiger charge is -1.96. The molecule has 6 nitrogen and oxygen atoms in total. The van der Waals surface area contributed by atoms with Crippen LogP contribution in [0.25, 0.3) is 10.8 Å². The lowest BCUT2D eigenvalue weighted by molar-refractivity contribution is 0.478. The molecule has 0 amide bonds. The molecule has 98 valence electrons. The molecule has 2 aromatic rings. The maximum Gasteiger partial charge on any atom is 0.261 e. The van der Waals surface area contributed by atoms with Gasteiger partial charge in [-0.25, -0.2) is 0 Å². The molecule has 0 aromatic carbocycles. The van der Waals surface area contributed by atoms with E-state index in [4.69, 9.17) is 4.42 Å². The van der Waals surface area contributed by atoms with E-state index in [9.17, 15) is 0 Å². The van der Waals surface area contributed by atoms with E-state index in [1.807, 2.05) is 0 Å². The molecule has 2 aromatic heterocycles. The summed E-state index contributed by atoms with van der Waals surface area (Å²) in [5.74, 6) is 1.14. The fourth-order valence-electron chi connectivity index (χ4n) is 1.56. The van der Waals surface area contributed by atoms with Crippen LogP contribution in [0.1, 0.15) is 38.3 Å². The summed E-state index contributed by atoms with van der Waals surface area (Å²) >= 11 is 1.31. The van der Waals surface area contributed by atoms with Crippen LogP contribution in [0.15, 0.2) is 4.42 Å². The minimum Gasteiger partial charge on any atom is -0.418 e. The van der Waals surface area contributed by atoms with Gasteiger partial charge in [0.25, 0.3) is 5.89 Å². The molecule has 0 unspecified atom stereocenters. The molecule has 18 heavy (non-hydrogen) atoms. The topological polar surface area (TPSA) is 76.7 Å². The highest BCUT2D eigenvalue weighted by Crippen LogP contribution is 2.25. The minimum absolute atomic E-state index is 0.529. The quantitative estimate of drug-likeness (QED) is 0.774. The van der Waals surface area contributed by atoms with Gasteiger partial charge in [0.2, 0.25) is 5.89 Å². The first-order chi connectivity index (χ1) is 8.85.